The van der Waals surface area contributed by atoms with E-state index in [1.54, 1.807) is 4.90 Å². The van der Waals surface area contributed by atoms with E-state index < -0.39 is 0 Å². The van der Waals surface area contributed by atoms with Crippen LogP contribution in [-0.2, 0) is 0 Å². The summed E-state index contributed by atoms with van der Waals surface area (Å²) < 4.78 is 5.52. The molecule has 1 aromatic rings. The normalized spacial score (nSPS) is 15.9. The number of benzene rings is 1. The molecule has 0 aliphatic heterocycles. The average Bonchev–Trinajstić information content (AvgIpc) is 3.24. The number of para-hydroxylation sites is 1. The van der Waals surface area contributed by atoms with Crippen LogP contribution in [-0.4, -0.2) is 37.0 Å². The monoisotopic (exact) mass is 262 g/mol. The minimum Gasteiger partial charge on any atom is -0.493 e. The van der Waals surface area contributed by atoms with Gasteiger partial charge in [0.05, 0.1) is 12.2 Å². The maximum absolute atomic E-state index is 12.6. The Morgan fingerprint density at radius 2 is 2.16 bits per heavy atom. The second-order valence-corrected chi connectivity index (χ2v) is 4.99. The highest BCUT2D eigenvalue weighted by Crippen LogP contribution is 2.35. The highest BCUT2D eigenvalue weighted by molar-refractivity contribution is 5.97. The van der Waals surface area contributed by atoms with E-state index >= 15 is 0 Å². The number of hydrogen-bond donors (Lipinski definition) is 1. The van der Waals surface area contributed by atoms with Crippen molar-refractivity contribution in [2.45, 2.75) is 25.8 Å². The summed E-state index contributed by atoms with van der Waals surface area (Å²) in [5.74, 6) is 1.21. The Bertz CT molecular complexity index is 444. The molecule has 104 valence electrons. The third kappa shape index (κ3) is 3.07. The van der Waals surface area contributed by atoms with Crippen LogP contribution in [0.15, 0.2) is 24.3 Å². The van der Waals surface area contributed by atoms with E-state index in [2.05, 4.69) is 0 Å². The Morgan fingerprint density at radius 3 is 2.74 bits per heavy atom. The lowest BCUT2D eigenvalue weighted by molar-refractivity contribution is 0.0714. The number of carbonyl (C=O) groups is 1. The highest BCUT2D eigenvalue weighted by atomic mass is 16.5. The van der Waals surface area contributed by atoms with Crippen LogP contribution < -0.4 is 10.5 Å². The third-order valence-electron chi connectivity index (χ3n) is 3.64. The molecule has 4 heteroatoms. The van der Waals surface area contributed by atoms with E-state index in [1.807, 2.05) is 38.2 Å². The van der Waals surface area contributed by atoms with Crippen molar-refractivity contribution < 1.29 is 9.53 Å². The Hall–Kier alpha value is -1.55. The molecule has 1 aliphatic carbocycles. The zero-order valence-corrected chi connectivity index (χ0v) is 11.6. The van der Waals surface area contributed by atoms with E-state index in [0.717, 1.165) is 0 Å². The minimum atomic E-state index is -0.00796. The maximum atomic E-state index is 12.6. The first-order valence-electron chi connectivity index (χ1n) is 6.88. The van der Waals surface area contributed by atoms with Gasteiger partial charge in [-0.1, -0.05) is 12.1 Å². The molecule has 0 saturated heterocycles. The summed E-state index contributed by atoms with van der Waals surface area (Å²) in [6.07, 6.45) is 2.35. The summed E-state index contributed by atoms with van der Waals surface area (Å²) in [7, 11) is 1.83. The van der Waals surface area contributed by atoms with Crippen LogP contribution in [0.5, 0.6) is 5.75 Å². The summed E-state index contributed by atoms with van der Waals surface area (Å²) in [5.41, 5.74) is 6.42. The fourth-order valence-corrected chi connectivity index (χ4v) is 2.41. The molecule has 1 saturated carbocycles. The van der Waals surface area contributed by atoms with Crippen LogP contribution in [0.4, 0.5) is 0 Å². The van der Waals surface area contributed by atoms with Gasteiger partial charge in [0.25, 0.3) is 5.91 Å². The molecule has 4 nitrogen and oxygen atoms in total. The first-order valence-corrected chi connectivity index (χ1v) is 6.88. The summed E-state index contributed by atoms with van der Waals surface area (Å²) in [6.45, 7) is 2.98. The number of nitrogens with two attached hydrogens (primary N) is 1. The summed E-state index contributed by atoms with van der Waals surface area (Å²) in [5, 5.41) is 0. The van der Waals surface area contributed by atoms with Crippen LogP contribution in [0.1, 0.15) is 30.1 Å². The van der Waals surface area contributed by atoms with E-state index in [4.69, 9.17) is 10.5 Å². The molecule has 19 heavy (non-hydrogen) atoms. The van der Waals surface area contributed by atoms with Gasteiger partial charge < -0.3 is 15.4 Å². The number of amides is 1. The van der Waals surface area contributed by atoms with Crippen molar-refractivity contribution in [1.82, 2.24) is 4.90 Å². The molecule has 1 aliphatic rings. The molecule has 0 heterocycles. The molecule has 1 fully saturated rings. The summed E-state index contributed by atoms with van der Waals surface area (Å²) in [6, 6.07) is 7.52. The van der Waals surface area contributed by atoms with Gasteiger partial charge in [-0.05, 0) is 37.8 Å². The molecule has 1 unspecified atom stereocenters. The van der Waals surface area contributed by atoms with E-state index in [1.165, 1.54) is 12.8 Å². The lowest BCUT2D eigenvalue weighted by Gasteiger charge is -2.27. The lowest BCUT2D eigenvalue weighted by Crippen LogP contribution is -2.43. The Balaban J connectivity index is 2.18. The van der Waals surface area contributed by atoms with E-state index in [9.17, 15) is 4.79 Å². The molecule has 2 N–H and O–H groups in total. The second-order valence-electron chi connectivity index (χ2n) is 4.99. The topological polar surface area (TPSA) is 55.6 Å². The highest BCUT2D eigenvalue weighted by Gasteiger charge is 2.35. The predicted octanol–water partition coefficient (Wildman–Crippen LogP) is 1.89. The summed E-state index contributed by atoms with van der Waals surface area (Å²) >= 11 is 0. The molecular formula is C15H22N2O2. The SMILES string of the molecule is CCOc1ccccc1C(=O)N(C)C(CN)C1CC1. The molecule has 1 atom stereocenters. The smallest absolute Gasteiger partial charge is 0.257 e. The molecule has 0 radical (unpaired) electrons. The molecule has 0 spiro atoms. The molecule has 1 aromatic carbocycles. The zero-order chi connectivity index (χ0) is 13.8. The van der Waals surface area contributed by atoms with Gasteiger partial charge in [-0.3, -0.25) is 4.79 Å². The van der Waals surface area contributed by atoms with Crippen molar-refractivity contribution in [1.29, 1.82) is 0 Å². The predicted molar refractivity (Wildman–Crippen MR) is 75.3 cm³/mol. The Kier molecular flexibility index (Phi) is 4.43. The van der Waals surface area contributed by atoms with Gasteiger partial charge in [0.2, 0.25) is 0 Å². The van der Waals surface area contributed by atoms with Crippen molar-refractivity contribution in [3.63, 3.8) is 0 Å². The van der Waals surface area contributed by atoms with Gasteiger partial charge in [0, 0.05) is 19.6 Å². The minimum absolute atomic E-state index is 0.00796. The van der Waals surface area contributed by atoms with Gasteiger partial charge in [0.1, 0.15) is 5.75 Å². The number of likely N-dealkylation sites (N-methyl/N-ethyl adjacent to an activating group) is 1. The van der Waals surface area contributed by atoms with E-state index in [0.29, 0.717) is 30.4 Å². The van der Waals surface area contributed by atoms with Gasteiger partial charge in [0.15, 0.2) is 0 Å². The number of ether oxygens (including phenoxy) is 1. The lowest BCUT2D eigenvalue weighted by atomic mass is 10.1. The molecule has 2 rings (SSSR count). The van der Waals surface area contributed by atoms with Crippen LogP contribution in [0.3, 0.4) is 0 Å². The third-order valence-corrected chi connectivity index (χ3v) is 3.64. The Labute approximate surface area is 114 Å². The number of hydrogen-bond acceptors (Lipinski definition) is 3. The van der Waals surface area contributed by atoms with Crippen molar-refractivity contribution in [3.05, 3.63) is 29.8 Å². The number of carbonyl (C=O) groups excluding carboxylic acids is 1. The fourth-order valence-electron chi connectivity index (χ4n) is 2.41. The van der Waals surface area contributed by atoms with Gasteiger partial charge >= 0.3 is 0 Å². The largest absolute Gasteiger partial charge is 0.493 e. The first-order chi connectivity index (χ1) is 9.19. The van der Waals surface area contributed by atoms with Crippen molar-refractivity contribution >= 4 is 5.91 Å². The first kappa shape index (κ1) is 13.9. The molecular weight excluding hydrogens is 240 g/mol. The quantitative estimate of drug-likeness (QED) is 0.852. The van der Waals surface area contributed by atoms with Crippen molar-refractivity contribution in [3.8, 4) is 5.75 Å². The zero-order valence-electron chi connectivity index (χ0n) is 11.6. The van der Waals surface area contributed by atoms with Crippen LogP contribution in [0.2, 0.25) is 0 Å². The fraction of sp³-hybridized carbons (Fsp3) is 0.533. The number of rotatable bonds is 6. The standard InChI is InChI=1S/C15H22N2O2/c1-3-19-14-7-5-4-6-12(14)15(18)17(2)13(10-16)11-8-9-11/h4-7,11,13H,3,8-10,16H2,1-2H3. The van der Waals surface area contributed by atoms with Crippen LogP contribution >= 0.6 is 0 Å². The van der Waals surface area contributed by atoms with Gasteiger partial charge in [-0.2, -0.15) is 0 Å². The average molecular weight is 262 g/mol. The van der Waals surface area contributed by atoms with Gasteiger partial charge in [-0.15, -0.1) is 0 Å². The van der Waals surface area contributed by atoms with Crippen LogP contribution in [0.25, 0.3) is 0 Å². The molecule has 0 aromatic heterocycles. The molecule has 1 amide bonds. The summed E-state index contributed by atoms with van der Waals surface area (Å²) in [4.78, 5) is 14.3. The van der Waals surface area contributed by atoms with Crippen molar-refractivity contribution in [2.24, 2.45) is 11.7 Å². The van der Waals surface area contributed by atoms with E-state index in [-0.39, 0.29) is 11.9 Å². The maximum Gasteiger partial charge on any atom is 0.257 e. The Morgan fingerprint density at radius 1 is 1.47 bits per heavy atom. The van der Waals surface area contributed by atoms with Gasteiger partial charge in [-0.25, -0.2) is 0 Å². The van der Waals surface area contributed by atoms with Crippen LogP contribution in [0, 0.1) is 5.92 Å². The second kappa shape index (κ2) is 6.06. The molecule has 0 bridgehead atoms. The number of nitrogens with zero attached hydrogens (tertiary/aromatic N) is 1. The van der Waals surface area contributed by atoms with Crippen molar-refractivity contribution in [2.75, 3.05) is 20.2 Å².